The fraction of sp³-hybridized carbons (Fsp3) is 0.550. The number of imidazole rings is 1. The maximum atomic E-state index is 12.9. The van der Waals surface area contributed by atoms with Gasteiger partial charge in [-0.2, -0.15) is 0 Å². The SMILES string of the molecule is CCCN1c2nc(-c3ccc(NCC(C)C)nc3)[nH]c2C(=O)N(C2CC2)C1O. The summed E-state index contributed by atoms with van der Waals surface area (Å²) < 4.78 is 0. The van der Waals surface area contributed by atoms with Crippen molar-refractivity contribution in [1.82, 2.24) is 19.9 Å². The second-order valence-electron chi connectivity index (χ2n) is 7.97. The molecular weight excluding hydrogens is 356 g/mol. The predicted molar refractivity (Wildman–Crippen MR) is 108 cm³/mol. The quantitative estimate of drug-likeness (QED) is 0.679. The normalized spacial score (nSPS) is 19.3. The van der Waals surface area contributed by atoms with Gasteiger partial charge >= 0.3 is 0 Å². The minimum Gasteiger partial charge on any atom is -0.370 e. The number of fused-ring (bicyclic) bond motifs is 1. The van der Waals surface area contributed by atoms with E-state index in [1.807, 2.05) is 19.1 Å². The van der Waals surface area contributed by atoms with E-state index in [0.29, 0.717) is 29.8 Å². The number of amides is 1. The number of anilines is 2. The third-order valence-corrected chi connectivity index (χ3v) is 5.07. The number of carbonyl (C=O) groups is 1. The van der Waals surface area contributed by atoms with Crippen LogP contribution >= 0.6 is 0 Å². The lowest BCUT2D eigenvalue weighted by Crippen LogP contribution is -2.56. The van der Waals surface area contributed by atoms with E-state index in [-0.39, 0.29) is 11.9 Å². The number of hydrogen-bond donors (Lipinski definition) is 3. The van der Waals surface area contributed by atoms with Crippen molar-refractivity contribution in [3.8, 4) is 11.4 Å². The molecule has 0 radical (unpaired) electrons. The lowest BCUT2D eigenvalue weighted by Gasteiger charge is -2.40. The van der Waals surface area contributed by atoms with Crippen molar-refractivity contribution in [3.05, 3.63) is 24.0 Å². The first-order valence-electron chi connectivity index (χ1n) is 10.1. The fourth-order valence-electron chi connectivity index (χ4n) is 3.47. The maximum absolute atomic E-state index is 12.9. The molecule has 2 aliphatic rings. The molecule has 28 heavy (non-hydrogen) atoms. The second kappa shape index (κ2) is 7.43. The van der Waals surface area contributed by atoms with Crippen LogP contribution in [-0.2, 0) is 0 Å². The number of hydrogen-bond acceptors (Lipinski definition) is 6. The summed E-state index contributed by atoms with van der Waals surface area (Å²) in [6.07, 6.45) is 3.52. The minimum absolute atomic E-state index is 0.120. The van der Waals surface area contributed by atoms with Crippen molar-refractivity contribution in [2.45, 2.75) is 52.4 Å². The van der Waals surface area contributed by atoms with Gasteiger partial charge in [0.25, 0.3) is 5.91 Å². The van der Waals surface area contributed by atoms with Gasteiger partial charge in [0.15, 0.2) is 5.82 Å². The molecule has 3 N–H and O–H groups in total. The van der Waals surface area contributed by atoms with Crippen molar-refractivity contribution < 1.29 is 9.90 Å². The number of nitrogens with zero attached hydrogens (tertiary/aromatic N) is 4. The van der Waals surface area contributed by atoms with Crippen LogP contribution < -0.4 is 10.2 Å². The molecule has 1 aliphatic carbocycles. The number of pyridine rings is 1. The van der Waals surface area contributed by atoms with Crippen molar-refractivity contribution in [1.29, 1.82) is 0 Å². The Morgan fingerprint density at radius 2 is 2.14 bits per heavy atom. The van der Waals surface area contributed by atoms with Gasteiger partial charge in [-0.15, -0.1) is 0 Å². The molecule has 2 aromatic heterocycles. The number of aliphatic hydroxyl groups excluding tert-OH is 1. The largest absolute Gasteiger partial charge is 0.370 e. The Hall–Kier alpha value is -2.61. The van der Waals surface area contributed by atoms with E-state index < -0.39 is 6.35 Å². The van der Waals surface area contributed by atoms with Crippen LogP contribution in [0.25, 0.3) is 11.4 Å². The first-order chi connectivity index (χ1) is 13.5. The summed E-state index contributed by atoms with van der Waals surface area (Å²) in [5.41, 5.74) is 1.25. The summed E-state index contributed by atoms with van der Waals surface area (Å²) in [5, 5.41) is 14.1. The van der Waals surface area contributed by atoms with Crippen LogP contribution in [0.4, 0.5) is 11.6 Å². The number of aliphatic hydroxyl groups is 1. The first-order valence-corrected chi connectivity index (χ1v) is 10.1. The highest BCUT2D eigenvalue weighted by molar-refractivity contribution is 6.00. The number of carbonyl (C=O) groups excluding carboxylic acids is 1. The Morgan fingerprint density at radius 3 is 2.75 bits per heavy atom. The Balaban J connectivity index is 1.63. The van der Waals surface area contributed by atoms with Gasteiger partial charge in [-0.05, 0) is 37.3 Å². The summed E-state index contributed by atoms with van der Waals surface area (Å²) in [5.74, 6) is 2.28. The molecule has 8 nitrogen and oxygen atoms in total. The van der Waals surface area contributed by atoms with E-state index in [2.05, 4.69) is 34.1 Å². The summed E-state index contributed by atoms with van der Waals surface area (Å²) in [7, 11) is 0. The van der Waals surface area contributed by atoms with Crippen molar-refractivity contribution in [2.24, 2.45) is 5.92 Å². The molecule has 0 saturated heterocycles. The van der Waals surface area contributed by atoms with Crippen molar-refractivity contribution in [2.75, 3.05) is 23.3 Å². The lowest BCUT2D eigenvalue weighted by atomic mass is 10.2. The topological polar surface area (TPSA) is 97.4 Å². The summed E-state index contributed by atoms with van der Waals surface area (Å²) in [6, 6.07) is 3.97. The van der Waals surface area contributed by atoms with Gasteiger partial charge in [-0.25, -0.2) is 9.97 Å². The Labute approximate surface area is 165 Å². The third kappa shape index (κ3) is 3.44. The molecule has 1 unspecified atom stereocenters. The molecule has 1 fully saturated rings. The summed E-state index contributed by atoms with van der Waals surface area (Å²) in [4.78, 5) is 28.6. The molecule has 8 heteroatoms. The highest BCUT2D eigenvalue weighted by atomic mass is 16.3. The zero-order valence-electron chi connectivity index (χ0n) is 16.6. The van der Waals surface area contributed by atoms with Gasteiger partial charge < -0.3 is 20.3 Å². The molecular formula is C20H28N6O2. The van der Waals surface area contributed by atoms with E-state index >= 15 is 0 Å². The average molecular weight is 384 g/mol. The molecule has 0 bridgehead atoms. The number of nitrogens with one attached hydrogen (secondary N) is 2. The average Bonchev–Trinajstić information content (AvgIpc) is 3.41. The van der Waals surface area contributed by atoms with Gasteiger partial charge in [-0.3, -0.25) is 9.69 Å². The molecule has 1 aliphatic heterocycles. The second-order valence-corrected chi connectivity index (χ2v) is 7.97. The molecule has 150 valence electrons. The number of aromatic nitrogens is 3. The van der Waals surface area contributed by atoms with E-state index in [1.165, 1.54) is 0 Å². The van der Waals surface area contributed by atoms with Crippen LogP contribution in [0.3, 0.4) is 0 Å². The van der Waals surface area contributed by atoms with Crippen LogP contribution in [0.5, 0.6) is 0 Å². The van der Waals surface area contributed by atoms with Gasteiger partial charge in [0, 0.05) is 30.9 Å². The van der Waals surface area contributed by atoms with Gasteiger partial charge in [0.2, 0.25) is 6.35 Å². The van der Waals surface area contributed by atoms with Crippen LogP contribution in [0.15, 0.2) is 18.3 Å². The van der Waals surface area contributed by atoms with E-state index in [0.717, 1.165) is 37.2 Å². The minimum atomic E-state index is -0.954. The van der Waals surface area contributed by atoms with Crippen LogP contribution in [0.1, 0.15) is 50.5 Å². The molecule has 4 rings (SSSR count). The lowest BCUT2D eigenvalue weighted by molar-refractivity contribution is -0.00312. The number of rotatable bonds is 7. The fourth-order valence-corrected chi connectivity index (χ4v) is 3.47. The summed E-state index contributed by atoms with van der Waals surface area (Å²) in [6.45, 7) is 7.83. The van der Waals surface area contributed by atoms with Gasteiger partial charge in [-0.1, -0.05) is 20.8 Å². The Morgan fingerprint density at radius 1 is 1.36 bits per heavy atom. The van der Waals surface area contributed by atoms with Crippen molar-refractivity contribution >= 4 is 17.5 Å². The zero-order valence-corrected chi connectivity index (χ0v) is 16.6. The monoisotopic (exact) mass is 384 g/mol. The molecule has 1 saturated carbocycles. The summed E-state index contributed by atoms with van der Waals surface area (Å²) >= 11 is 0. The van der Waals surface area contributed by atoms with E-state index in [1.54, 1.807) is 16.0 Å². The smallest absolute Gasteiger partial charge is 0.277 e. The van der Waals surface area contributed by atoms with E-state index in [9.17, 15) is 9.90 Å². The van der Waals surface area contributed by atoms with Crippen molar-refractivity contribution in [3.63, 3.8) is 0 Å². The van der Waals surface area contributed by atoms with Crippen LogP contribution in [-0.4, -0.2) is 56.3 Å². The molecule has 2 aromatic rings. The Bertz CT molecular complexity index is 843. The molecule has 3 heterocycles. The molecule has 0 aromatic carbocycles. The first kappa shape index (κ1) is 18.7. The van der Waals surface area contributed by atoms with Crippen LogP contribution in [0.2, 0.25) is 0 Å². The highest BCUT2D eigenvalue weighted by Crippen LogP contribution is 2.37. The zero-order chi connectivity index (χ0) is 19.8. The van der Waals surface area contributed by atoms with Crippen LogP contribution in [0, 0.1) is 5.92 Å². The van der Waals surface area contributed by atoms with Gasteiger partial charge in [0.05, 0.1) is 0 Å². The number of aromatic amines is 1. The standard InChI is InChI=1S/C20H28N6O2/c1-4-9-25-18-16(19(27)26(20(25)28)14-6-7-14)23-17(24-18)13-5-8-15(22-11-13)21-10-12(2)3/h5,8,11-12,14,20,28H,4,6-7,9-10H2,1-3H3,(H,21,22)(H,23,24). The highest BCUT2D eigenvalue weighted by Gasteiger charge is 2.45. The predicted octanol–water partition coefficient (Wildman–Crippen LogP) is 2.65. The molecule has 1 amide bonds. The number of H-pyrrole nitrogens is 1. The third-order valence-electron chi connectivity index (χ3n) is 5.07. The van der Waals surface area contributed by atoms with E-state index in [4.69, 9.17) is 0 Å². The molecule has 1 atom stereocenters. The van der Waals surface area contributed by atoms with Gasteiger partial charge in [0.1, 0.15) is 17.3 Å². The molecule has 0 spiro atoms. The Kier molecular flexibility index (Phi) is 4.97. The maximum Gasteiger partial charge on any atom is 0.277 e.